The van der Waals surface area contributed by atoms with E-state index in [1.54, 1.807) is 19.2 Å². The van der Waals surface area contributed by atoms with Crippen molar-refractivity contribution in [3.63, 3.8) is 0 Å². The summed E-state index contributed by atoms with van der Waals surface area (Å²) in [6.07, 6.45) is 0. The summed E-state index contributed by atoms with van der Waals surface area (Å²) in [5, 5.41) is 0.544. The lowest BCUT2D eigenvalue weighted by molar-refractivity contribution is 0.0468. The molecule has 108 valence electrons. The summed E-state index contributed by atoms with van der Waals surface area (Å²) in [5.74, 6) is 1.04. The minimum atomic E-state index is -0.0688. The van der Waals surface area contributed by atoms with E-state index in [1.165, 1.54) is 18.4 Å². The Morgan fingerprint density at radius 3 is 2.45 bits per heavy atom. The smallest absolute Gasteiger partial charge is 0.192 e. The standard InChI is InChI=1S/C14H16O5S/c1-9-4-11(15)14-12(19-8-17-3)5-10(18-7-16-2)6-13(14)20-9/h4-6H,7-8H2,1-3H3. The van der Waals surface area contributed by atoms with E-state index in [4.69, 9.17) is 18.9 Å². The fraction of sp³-hybridized carbons (Fsp3) is 0.357. The van der Waals surface area contributed by atoms with Gasteiger partial charge in [-0.25, -0.2) is 0 Å². The average molecular weight is 296 g/mol. The Labute approximate surface area is 120 Å². The normalized spacial score (nSPS) is 10.8. The number of methoxy groups -OCH3 is 2. The molecule has 1 heterocycles. The molecule has 0 fully saturated rings. The lowest BCUT2D eigenvalue weighted by Gasteiger charge is -2.11. The van der Waals surface area contributed by atoms with Crippen LogP contribution in [-0.2, 0) is 9.47 Å². The maximum Gasteiger partial charge on any atom is 0.192 e. The minimum absolute atomic E-state index is 0.0688. The van der Waals surface area contributed by atoms with Crippen LogP contribution in [0.1, 0.15) is 4.88 Å². The molecule has 5 nitrogen and oxygen atoms in total. The Hall–Kier alpha value is -1.63. The average Bonchev–Trinajstić information content (AvgIpc) is 2.41. The van der Waals surface area contributed by atoms with Crippen molar-refractivity contribution in [1.29, 1.82) is 0 Å². The molecule has 20 heavy (non-hydrogen) atoms. The van der Waals surface area contributed by atoms with E-state index in [-0.39, 0.29) is 19.0 Å². The van der Waals surface area contributed by atoms with Crippen LogP contribution in [0.25, 0.3) is 10.1 Å². The first-order valence-electron chi connectivity index (χ1n) is 5.97. The van der Waals surface area contributed by atoms with Gasteiger partial charge in [-0.15, -0.1) is 11.3 Å². The van der Waals surface area contributed by atoms with Gasteiger partial charge in [-0.1, -0.05) is 0 Å². The molecule has 0 aliphatic carbocycles. The molecule has 0 bridgehead atoms. The van der Waals surface area contributed by atoms with Gasteiger partial charge in [-0.05, 0) is 19.1 Å². The molecular formula is C14H16O5S. The van der Waals surface area contributed by atoms with Crippen LogP contribution in [0, 0.1) is 6.92 Å². The van der Waals surface area contributed by atoms with E-state index in [1.807, 2.05) is 13.0 Å². The van der Waals surface area contributed by atoms with Crippen LogP contribution in [0.5, 0.6) is 11.5 Å². The molecule has 2 aromatic rings. The largest absolute Gasteiger partial charge is 0.467 e. The van der Waals surface area contributed by atoms with E-state index in [0.717, 1.165) is 9.58 Å². The van der Waals surface area contributed by atoms with Gasteiger partial charge in [0.15, 0.2) is 19.0 Å². The molecule has 6 heteroatoms. The van der Waals surface area contributed by atoms with Crippen molar-refractivity contribution in [1.82, 2.24) is 0 Å². The highest BCUT2D eigenvalue weighted by molar-refractivity contribution is 7.18. The molecule has 1 aromatic carbocycles. The third kappa shape index (κ3) is 3.27. The molecule has 0 aliphatic heterocycles. The zero-order chi connectivity index (χ0) is 14.5. The van der Waals surface area contributed by atoms with Gasteiger partial charge in [0, 0.05) is 29.9 Å². The fourth-order valence-corrected chi connectivity index (χ4v) is 2.79. The van der Waals surface area contributed by atoms with Gasteiger partial charge < -0.3 is 18.9 Å². The van der Waals surface area contributed by atoms with Gasteiger partial charge in [0.25, 0.3) is 0 Å². The van der Waals surface area contributed by atoms with E-state index in [9.17, 15) is 4.79 Å². The van der Waals surface area contributed by atoms with Crippen molar-refractivity contribution in [2.45, 2.75) is 6.92 Å². The Kier molecular flexibility index (Phi) is 4.94. The minimum Gasteiger partial charge on any atom is -0.467 e. The Balaban J connectivity index is 2.55. The number of aryl methyl sites for hydroxylation is 1. The number of benzene rings is 1. The zero-order valence-corrected chi connectivity index (χ0v) is 12.4. The zero-order valence-electron chi connectivity index (χ0n) is 11.6. The summed E-state index contributed by atoms with van der Waals surface area (Å²) in [6.45, 7) is 2.10. The predicted molar refractivity (Wildman–Crippen MR) is 77.8 cm³/mol. The molecule has 0 unspecified atom stereocenters. The summed E-state index contributed by atoms with van der Waals surface area (Å²) in [6, 6.07) is 5.08. The van der Waals surface area contributed by atoms with Crippen molar-refractivity contribution in [3.05, 3.63) is 33.3 Å². The maximum absolute atomic E-state index is 12.1. The number of rotatable bonds is 6. The van der Waals surface area contributed by atoms with Crippen molar-refractivity contribution in [2.75, 3.05) is 27.8 Å². The van der Waals surface area contributed by atoms with E-state index in [2.05, 4.69) is 0 Å². The summed E-state index contributed by atoms with van der Waals surface area (Å²) < 4.78 is 21.5. The number of hydrogen-bond donors (Lipinski definition) is 0. The molecular weight excluding hydrogens is 280 g/mol. The molecule has 0 saturated heterocycles. The second-order valence-electron chi connectivity index (χ2n) is 4.12. The summed E-state index contributed by atoms with van der Waals surface area (Å²) >= 11 is 1.51. The lowest BCUT2D eigenvalue weighted by Crippen LogP contribution is -2.06. The first-order chi connectivity index (χ1) is 9.65. The molecule has 1 aromatic heterocycles. The third-order valence-electron chi connectivity index (χ3n) is 2.57. The molecule has 0 amide bonds. The maximum atomic E-state index is 12.1. The highest BCUT2D eigenvalue weighted by atomic mass is 32.1. The Morgan fingerprint density at radius 1 is 1.05 bits per heavy atom. The molecule has 0 saturated carbocycles. The van der Waals surface area contributed by atoms with Gasteiger partial charge in [0.05, 0.1) is 5.39 Å². The van der Waals surface area contributed by atoms with Crippen LogP contribution in [0.3, 0.4) is 0 Å². The molecule has 0 N–H and O–H groups in total. The van der Waals surface area contributed by atoms with Gasteiger partial charge in [0.2, 0.25) is 0 Å². The van der Waals surface area contributed by atoms with Crippen LogP contribution in [-0.4, -0.2) is 27.8 Å². The topological polar surface area (TPSA) is 54.0 Å². The van der Waals surface area contributed by atoms with E-state index < -0.39 is 0 Å². The second kappa shape index (κ2) is 6.69. The second-order valence-corrected chi connectivity index (χ2v) is 5.41. The van der Waals surface area contributed by atoms with Gasteiger partial charge in [0.1, 0.15) is 11.5 Å². The first-order valence-corrected chi connectivity index (χ1v) is 6.79. The quantitative estimate of drug-likeness (QED) is 0.767. The van der Waals surface area contributed by atoms with Crippen molar-refractivity contribution in [2.24, 2.45) is 0 Å². The first kappa shape index (κ1) is 14.8. The number of ether oxygens (including phenoxy) is 4. The molecule has 0 aliphatic rings. The van der Waals surface area contributed by atoms with E-state index >= 15 is 0 Å². The van der Waals surface area contributed by atoms with Crippen molar-refractivity contribution >= 4 is 21.4 Å². The van der Waals surface area contributed by atoms with Crippen molar-refractivity contribution < 1.29 is 18.9 Å². The van der Waals surface area contributed by atoms with Gasteiger partial charge in [-0.2, -0.15) is 0 Å². The van der Waals surface area contributed by atoms with Crippen LogP contribution in [0.15, 0.2) is 23.0 Å². The molecule has 0 atom stereocenters. The van der Waals surface area contributed by atoms with Crippen LogP contribution < -0.4 is 14.9 Å². The van der Waals surface area contributed by atoms with Crippen LogP contribution in [0.4, 0.5) is 0 Å². The SMILES string of the molecule is COCOc1cc(OCOC)c2c(=O)cc(C)sc2c1. The fourth-order valence-electron chi connectivity index (χ4n) is 1.80. The number of fused-ring (bicyclic) bond motifs is 1. The van der Waals surface area contributed by atoms with Crippen molar-refractivity contribution in [3.8, 4) is 11.5 Å². The Morgan fingerprint density at radius 2 is 1.75 bits per heavy atom. The van der Waals surface area contributed by atoms with Gasteiger partial charge >= 0.3 is 0 Å². The highest BCUT2D eigenvalue weighted by Crippen LogP contribution is 2.32. The molecule has 0 radical (unpaired) electrons. The monoisotopic (exact) mass is 296 g/mol. The molecule has 0 spiro atoms. The van der Waals surface area contributed by atoms with Crippen LogP contribution in [0.2, 0.25) is 0 Å². The summed E-state index contributed by atoms with van der Waals surface area (Å²) in [4.78, 5) is 13.1. The predicted octanol–water partition coefficient (Wildman–Crippen LogP) is 2.54. The summed E-state index contributed by atoms with van der Waals surface area (Å²) in [5.41, 5.74) is -0.0688. The molecule has 2 rings (SSSR count). The van der Waals surface area contributed by atoms with E-state index in [0.29, 0.717) is 16.9 Å². The summed E-state index contributed by atoms with van der Waals surface area (Å²) in [7, 11) is 3.07. The third-order valence-corrected chi connectivity index (χ3v) is 3.55. The van der Waals surface area contributed by atoms with Crippen LogP contribution >= 0.6 is 11.3 Å². The Bertz CT molecular complexity index is 650. The lowest BCUT2D eigenvalue weighted by atomic mass is 10.2. The highest BCUT2D eigenvalue weighted by Gasteiger charge is 2.11. The van der Waals surface area contributed by atoms with Gasteiger partial charge in [-0.3, -0.25) is 4.79 Å². The number of hydrogen-bond acceptors (Lipinski definition) is 6.